The van der Waals surface area contributed by atoms with E-state index in [2.05, 4.69) is 52.3 Å². The molecule has 1 N–H and O–H groups in total. The van der Waals surface area contributed by atoms with Crippen LogP contribution < -0.4 is 5.32 Å². The van der Waals surface area contributed by atoms with E-state index in [0.717, 1.165) is 22.5 Å². The van der Waals surface area contributed by atoms with Crippen LogP contribution in [0.15, 0.2) is 96.0 Å². The minimum atomic E-state index is -0.337. The molecule has 3 aromatic carbocycles. The van der Waals surface area contributed by atoms with Gasteiger partial charge in [-0.1, -0.05) is 30.3 Å². The van der Waals surface area contributed by atoms with Gasteiger partial charge in [0.25, 0.3) is 0 Å². The molecule has 1 aliphatic rings. The van der Waals surface area contributed by atoms with Crippen molar-refractivity contribution in [3.63, 3.8) is 0 Å². The van der Waals surface area contributed by atoms with Crippen LogP contribution in [0.25, 0.3) is 5.69 Å². The number of para-hydroxylation sites is 1. The molecule has 4 nitrogen and oxygen atoms in total. The minimum Gasteiger partial charge on any atom is -0.318 e. The number of benzene rings is 3. The largest absolute Gasteiger partial charge is 0.322 e. The number of carbonyl (C=O) groups is 1. The Morgan fingerprint density at radius 1 is 0.969 bits per heavy atom. The Kier molecular flexibility index (Phi) is 5.45. The van der Waals surface area contributed by atoms with Crippen molar-refractivity contribution in [2.45, 2.75) is 17.5 Å². The van der Waals surface area contributed by atoms with E-state index < -0.39 is 0 Å². The van der Waals surface area contributed by atoms with Crippen LogP contribution in [-0.4, -0.2) is 21.8 Å². The van der Waals surface area contributed by atoms with Gasteiger partial charge in [-0.3, -0.25) is 0 Å². The summed E-state index contributed by atoms with van der Waals surface area (Å²) in [5.41, 5.74) is 4.73. The maximum Gasteiger partial charge on any atom is 0.322 e. The van der Waals surface area contributed by atoms with E-state index >= 15 is 0 Å². The zero-order valence-corrected chi connectivity index (χ0v) is 18.4. The van der Waals surface area contributed by atoms with Crippen LogP contribution >= 0.6 is 11.8 Å². The Hall–Kier alpha value is -3.51. The molecule has 0 saturated carbocycles. The highest BCUT2D eigenvalue weighted by molar-refractivity contribution is 7.98. The van der Waals surface area contributed by atoms with Gasteiger partial charge in [-0.05, 0) is 72.0 Å². The standard InChI is InChI=1S/C26H22FN3OS/c1-32-22-14-8-18(9-15-22)25-24-7-4-16-29(24)23-6-3-2-5-19(23)17-30(25)26(31)28-21-12-10-20(27)11-13-21/h2-16,25H,17H2,1H3,(H,28,31)/t25-/m0/s1. The third-order valence-electron chi connectivity index (χ3n) is 5.75. The molecule has 0 bridgehead atoms. The average molecular weight is 444 g/mol. The monoisotopic (exact) mass is 443 g/mol. The number of urea groups is 1. The number of thioether (sulfide) groups is 1. The Bertz CT molecular complexity index is 1250. The Morgan fingerprint density at radius 2 is 1.72 bits per heavy atom. The molecule has 1 aliphatic heterocycles. The summed E-state index contributed by atoms with van der Waals surface area (Å²) in [4.78, 5) is 16.6. The van der Waals surface area contributed by atoms with E-state index in [0.29, 0.717) is 12.2 Å². The number of fused-ring (bicyclic) bond motifs is 3. The summed E-state index contributed by atoms with van der Waals surface area (Å²) in [5.74, 6) is -0.337. The fourth-order valence-corrected chi connectivity index (χ4v) is 4.61. The highest BCUT2D eigenvalue weighted by atomic mass is 32.2. The Balaban J connectivity index is 1.61. The average Bonchev–Trinajstić information content (AvgIpc) is 3.25. The number of nitrogens with zero attached hydrogens (tertiary/aromatic N) is 2. The number of carbonyl (C=O) groups excluding carboxylic acids is 1. The lowest BCUT2D eigenvalue weighted by Crippen LogP contribution is -2.37. The number of amides is 2. The number of rotatable bonds is 3. The minimum absolute atomic E-state index is 0.236. The van der Waals surface area contributed by atoms with Crippen molar-refractivity contribution in [2.24, 2.45) is 0 Å². The summed E-state index contributed by atoms with van der Waals surface area (Å²) in [5, 5.41) is 2.95. The SMILES string of the molecule is CSc1ccc([C@H]2c3cccn3-c3ccccc3CN2C(=O)Nc2ccc(F)cc2)cc1. The van der Waals surface area contributed by atoms with Crippen molar-refractivity contribution >= 4 is 23.5 Å². The van der Waals surface area contributed by atoms with Gasteiger partial charge in [0.1, 0.15) is 5.82 Å². The van der Waals surface area contributed by atoms with Crippen molar-refractivity contribution < 1.29 is 9.18 Å². The van der Waals surface area contributed by atoms with Crippen molar-refractivity contribution in [3.05, 3.63) is 114 Å². The van der Waals surface area contributed by atoms with E-state index in [1.165, 1.54) is 17.0 Å². The van der Waals surface area contributed by atoms with Crippen molar-refractivity contribution in [2.75, 3.05) is 11.6 Å². The number of halogens is 1. The summed E-state index contributed by atoms with van der Waals surface area (Å²) in [6.07, 6.45) is 4.09. The summed E-state index contributed by atoms with van der Waals surface area (Å²) in [6.45, 7) is 0.444. The van der Waals surface area contributed by atoms with Gasteiger partial charge in [0.2, 0.25) is 0 Å². The van der Waals surface area contributed by atoms with E-state index in [9.17, 15) is 9.18 Å². The Labute approximate surface area is 190 Å². The first-order chi connectivity index (χ1) is 15.6. The molecule has 6 heteroatoms. The third kappa shape index (κ3) is 3.78. The van der Waals surface area contributed by atoms with Gasteiger partial charge < -0.3 is 14.8 Å². The van der Waals surface area contributed by atoms with Gasteiger partial charge in [0.05, 0.1) is 18.3 Å². The second kappa shape index (κ2) is 8.55. The number of aromatic nitrogens is 1. The smallest absolute Gasteiger partial charge is 0.318 e. The first kappa shape index (κ1) is 20.4. The lowest BCUT2D eigenvalue weighted by Gasteiger charge is -2.31. The van der Waals surface area contributed by atoms with Gasteiger partial charge in [-0.15, -0.1) is 11.8 Å². The number of anilines is 1. The van der Waals surface area contributed by atoms with Crippen LogP contribution in [0.3, 0.4) is 0 Å². The fraction of sp³-hybridized carbons (Fsp3) is 0.115. The lowest BCUT2D eigenvalue weighted by molar-refractivity contribution is 0.194. The molecular formula is C26H22FN3OS. The highest BCUT2D eigenvalue weighted by Gasteiger charge is 2.33. The van der Waals surface area contributed by atoms with Crippen molar-refractivity contribution in [3.8, 4) is 5.69 Å². The topological polar surface area (TPSA) is 37.3 Å². The van der Waals surface area contributed by atoms with Crippen LogP contribution in [0.4, 0.5) is 14.9 Å². The molecule has 1 atom stereocenters. The Morgan fingerprint density at radius 3 is 2.47 bits per heavy atom. The second-order valence-electron chi connectivity index (χ2n) is 7.67. The van der Waals surface area contributed by atoms with Gasteiger partial charge in [0, 0.05) is 22.5 Å². The fourth-order valence-electron chi connectivity index (χ4n) is 4.20. The van der Waals surface area contributed by atoms with Gasteiger partial charge in [0.15, 0.2) is 0 Å². The molecule has 1 aromatic heterocycles. The predicted molar refractivity (Wildman–Crippen MR) is 127 cm³/mol. The van der Waals surface area contributed by atoms with E-state index in [4.69, 9.17) is 0 Å². The number of hydrogen-bond acceptors (Lipinski definition) is 2. The summed E-state index contributed by atoms with van der Waals surface area (Å²) in [7, 11) is 0. The van der Waals surface area contributed by atoms with Crippen LogP contribution in [-0.2, 0) is 6.54 Å². The lowest BCUT2D eigenvalue weighted by atomic mass is 10.0. The molecule has 4 aromatic rings. The zero-order valence-electron chi connectivity index (χ0n) is 17.5. The normalized spacial score (nSPS) is 14.9. The molecule has 160 valence electrons. The van der Waals surface area contributed by atoms with E-state index in [1.54, 1.807) is 23.9 Å². The van der Waals surface area contributed by atoms with Gasteiger partial charge in [-0.25, -0.2) is 9.18 Å². The van der Waals surface area contributed by atoms with Gasteiger partial charge >= 0.3 is 6.03 Å². The second-order valence-corrected chi connectivity index (χ2v) is 8.55. The zero-order chi connectivity index (χ0) is 22.1. The third-order valence-corrected chi connectivity index (χ3v) is 6.50. The first-order valence-corrected chi connectivity index (χ1v) is 11.6. The molecule has 0 aliphatic carbocycles. The van der Waals surface area contributed by atoms with E-state index in [-0.39, 0.29) is 17.9 Å². The highest BCUT2D eigenvalue weighted by Crippen LogP contribution is 2.37. The molecule has 5 rings (SSSR count). The maximum absolute atomic E-state index is 13.6. The predicted octanol–water partition coefficient (Wildman–Crippen LogP) is 6.48. The summed E-state index contributed by atoms with van der Waals surface area (Å²) < 4.78 is 15.5. The van der Waals surface area contributed by atoms with E-state index in [1.807, 2.05) is 35.6 Å². The molecule has 2 amide bonds. The van der Waals surface area contributed by atoms with Crippen LogP contribution in [0.1, 0.15) is 22.9 Å². The summed E-state index contributed by atoms with van der Waals surface area (Å²) in [6, 6.07) is 25.9. The molecule has 2 heterocycles. The molecule has 0 saturated heterocycles. The molecule has 0 unspecified atom stereocenters. The van der Waals surface area contributed by atoms with Crippen molar-refractivity contribution in [1.82, 2.24) is 9.47 Å². The molecule has 0 spiro atoms. The van der Waals surface area contributed by atoms with Gasteiger partial charge in [-0.2, -0.15) is 0 Å². The molecule has 0 fully saturated rings. The van der Waals surface area contributed by atoms with Crippen molar-refractivity contribution in [1.29, 1.82) is 0 Å². The number of nitrogens with one attached hydrogen (secondary N) is 1. The molecular weight excluding hydrogens is 421 g/mol. The molecule has 32 heavy (non-hydrogen) atoms. The first-order valence-electron chi connectivity index (χ1n) is 10.4. The summed E-state index contributed by atoms with van der Waals surface area (Å²) >= 11 is 1.69. The van der Waals surface area contributed by atoms with Crippen LogP contribution in [0.2, 0.25) is 0 Å². The number of hydrogen-bond donors (Lipinski definition) is 1. The van der Waals surface area contributed by atoms with Crippen LogP contribution in [0, 0.1) is 5.82 Å². The molecule has 0 radical (unpaired) electrons. The quantitative estimate of drug-likeness (QED) is 0.368. The van der Waals surface area contributed by atoms with Crippen LogP contribution in [0.5, 0.6) is 0 Å². The maximum atomic E-state index is 13.6.